The first kappa shape index (κ1) is 14.7. The van der Waals surface area contributed by atoms with Crippen LogP contribution in [0.1, 0.15) is 0 Å². The zero-order valence-electron chi connectivity index (χ0n) is 8.30. The monoisotopic (exact) mass is 318 g/mol. The van der Waals surface area contributed by atoms with Gasteiger partial charge in [0, 0.05) is 5.02 Å². The van der Waals surface area contributed by atoms with Gasteiger partial charge < -0.3 is 0 Å². The van der Waals surface area contributed by atoms with Gasteiger partial charge in [-0.1, -0.05) is 23.2 Å². The van der Waals surface area contributed by atoms with E-state index < -0.39 is 31.5 Å². The minimum absolute atomic E-state index is 0.0512. The molecule has 0 aliphatic carbocycles. The van der Waals surface area contributed by atoms with Gasteiger partial charge in [0.05, 0.1) is 21.4 Å². The van der Waals surface area contributed by atoms with Crippen molar-refractivity contribution < 1.29 is 21.4 Å². The topological polar surface area (TPSA) is 88.5 Å². The second-order valence-corrected chi connectivity index (χ2v) is 7.67. The molecule has 0 saturated heterocycles. The molecule has 0 aliphatic heterocycles. The summed E-state index contributed by atoms with van der Waals surface area (Å²) < 4.78 is 53.0. The molecule has 0 aliphatic rings. The van der Waals surface area contributed by atoms with Gasteiger partial charge in [-0.3, -0.25) is 4.55 Å². The fraction of sp³-hybridized carbons (Fsp3) is 0.250. The van der Waals surface area contributed by atoms with Gasteiger partial charge in [-0.15, -0.1) is 0 Å². The lowest BCUT2D eigenvalue weighted by atomic mass is 10.4. The van der Waals surface area contributed by atoms with Crippen molar-refractivity contribution in [1.82, 2.24) is 0 Å². The molecular weight excluding hydrogens is 311 g/mol. The summed E-state index contributed by atoms with van der Waals surface area (Å²) in [6.07, 6.45) is 0. The third-order valence-corrected chi connectivity index (χ3v) is 5.24. The Hall–Kier alpha value is -0.340. The van der Waals surface area contributed by atoms with Crippen LogP contribution in [0.25, 0.3) is 0 Å². The van der Waals surface area contributed by atoms with Crippen molar-refractivity contribution >= 4 is 43.2 Å². The van der Waals surface area contributed by atoms with E-state index in [1.807, 2.05) is 0 Å². The Bertz CT molecular complexity index is 621. The first-order chi connectivity index (χ1) is 7.62. The Kier molecular flexibility index (Phi) is 4.43. The molecule has 0 bridgehead atoms. The summed E-state index contributed by atoms with van der Waals surface area (Å²) in [5.41, 5.74) is 0. The second-order valence-electron chi connectivity index (χ2n) is 3.18. The first-order valence-electron chi connectivity index (χ1n) is 4.25. The fourth-order valence-corrected chi connectivity index (χ4v) is 4.36. The van der Waals surface area contributed by atoms with Crippen LogP contribution in [-0.4, -0.2) is 32.9 Å². The minimum Gasteiger partial charge on any atom is -0.286 e. The lowest BCUT2D eigenvalue weighted by Gasteiger charge is -2.05. The highest BCUT2D eigenvalue weighted by Crippen LogP contribution is 2.25. The molecule has 1 aromatic carbocycles. The number of hydrogen-bond acceptors (Lipinski definition) is 4. The van der Waals surface area contributed by atoms with E-state index in [1.54, 1.807) is 0 Å². The molecular formula is C8H8Cl2O5S2. The summed E-state index contributed by atoms with van der Waals surface area (Å²) in [5, 5.41) is 0.115. The van der Waals surface area contributed by atoms with Gasteiger partial charge in [0.1, 0.15) is 0 Å². The van der Waals surface area contributed by atoms with Crippen molar-refractivity contribution in [3.05, 3.63) is 28.2 Å². The predicted molar refractivity (Wildman–Crippen MR) is 64.9 cm³/mol. The van der Waals surface area contributed by atoms with Crippen LogP contribution in [0.5, 0.6) is 0 Å². The Labute approximate surface area is 109 Å². The zero-order chi connectivity index (χ0) is 13.3. The average Bonchev–Trinajstić information content (AvgIpc) is 2.18. The summed E-state index contributed by atoms with van der Waals surface area (Å²) in [5.74, 6) is -1.65. The number of halogens is 2. The van der Waals surface area contributed by atoms with Crippen molar-refractivity contribution in [1.29, 1.82) is 0 Å². The fourth-order valence-electron chi connectivity index (χ4n) is 1.04. The third kappa shape index (κ3) is 4.44. The maximum Gasteiger partial charge on any atom is 0.265 e. The average molecular weight is 319 g/mol. The molecule has 0 amide bonds. The van der Waals surface area contributed by atoms with E-state index >= 15 is 0 Å². The molecule has 0 spiro atoms. The molecule has 1 aromatic rings. The summed E-state index contributed by atoms with van der Waals surface area (Å²) in [6, 6.07) is 3.83. The van der Waals surface area contributed by atoms with Crippen LogP contribution in [0.4, 0.5) is 0 Å². The van der Waals surface area contributed by atoms with E-state index in [2.05, 4.69) is 0 Å². The van der Waals surface area contributed by atoms with Crippen molar-refractivity contribution in [3.63, 3.8) is 0 Å². The van der Waals surface area contributed by atoms with E-state index in [0.29, 0.717) is 0 Å². The van der Waals surface area contributed by atoms with Gasteiger partial charge in [0.2, 0.25) is 0 Å². The van der Waals surface area contributed by atoms with Crippen LogP contribution in [0.2, 0.25) is 10.0 Å². The molecule has 0 unspecified atom stereocenters. The standard InChI is InChI=1S/C8H8Cl2O5S2/c9-6-1-2-7(10)8(5-6)16(11,12)3-4-17(13,14)15/h1-2,5H,3-4H2,(H,13,14,15). The van der Waals surface area contributed by atoms with E-state index in [4.69, 9.17) is 27.8 Å². The van der Waals surface area contributed by atoms with Gasteiger partial charge >= 0.3 is 0 Å². The maximum absolute atomic E-state index is 11.7. The maximum atomic E-state index is 11.7. The normalized spacial score (nSPS) is 12.6. The van der Waals surface area contributed by atoms with Crippen LogP contribution in [0.15, 0.2) is 23.1 Å². The van der Waals surface area contributed by atoms with Gasteiger partial charge in [-0.25, -0.2) is 8.42 Å². The van der Waals surface area contributed by atoms with Crippen LogP contribution in [0, 0.1) is 0 Å². The highest BCUT2D eigenvalue weighted by atomic mass is 35.5. The smallest absolute Gasteiger partial charge is 0.265 e. The third-order valence-electron chi connectivity index (χ3n) is 1.84. The molecule has 0 aromatic heterocycles. The molecule has 96 valence electrons. The summed E-state index contributed by atoms with van der Waals surface area (Å²) in [7, 11) is -8.25. The molecule has 0 radical (unpaired) electrons. The number of hydrogen-bond donors (Lipinski definition) is 1. The number of benzene rings is 1. The summed E-state index contributed by atoms with van der Waals surface area (Å²) >= 11 is 11.3. The predicted octanol–water partition coefficient (Wildman–Crippen LogP) is 1.65. The minimum atomic E-state index is -4.34. The Morgan fingerprint density at radius 2 is 1.65 bits per heavy atom. The van der Waals surface area contributed by atoms with Crippen LogP contribution < -0.4 is 0 Å². The summed E-state index contributed by atoms with van der Waals surface area (Å²) in [6.45, 7) is 0. The summed E-state index contributed by atoms with van der Waals surface area (Å²) in [4.78, 5) is -0.254. The lowest BCUT2D eigenvalue weighted by Crippen LogP contribution is -2.17. The van der Waals surface area contributed by atoms with Crippen LogP contribution in [-0.2, 0) is 20.0 Å². The molecule has 0 atom stereocenters. The van der Waals surface area contributed by atoms with Crippen molar-refractivity contribution in [2.75, 3.05) is 11.5 Å². The second kappa shape index (κ2) is 5.11. The van der Waals surface area contributed by atoms with Gasteiger partial charge in [-0.2, -0.15) is 8.42 Å². The van der Waals surface area contributed by atoms with Crippen molar-refractivity contribution in [2.45, 2.75) is 4.90 Å². The Morgan fingerprint density at radius 1 is 1.06 bits per heavy atom. The van der Waals surface area contributed by atoms with Crippen molar-refractivity contribution in [3.8, 4) is 0 Å². The molecule has 0 fully saturated rings. The lowest BCUT2D eigenvalue weighted by molar-refractivity contribution is 0.484. The zero-order valence-corrected chi connectivity index (χ0v) is 11.4. The Morgan fingerprint density at radius 3 is 2.18 bits per heavy atom. The van der Waals surface area contributed by atoms with E-state index in [0.717, 1.165) is 6.07 Å². The molecule has 0 saturated carbocycles. The first-order valence-corrected chi connectivity index (χ1v) is 8.26. The molecule has 17 heavy (non-hydrogen) atoms. The molecule has 1 rings (SSSR count). The van der Waals surface area contributed by atoms with E-state index in [1.165, 1.54) is 12.1 Å². The largest absolute Gasteiger partial charge is 0.286 e. The highest BCUT2D eigenvalue weighted by Gasteiger charge is 2.21. The van der Waals surface area contributed by atoms with Gasteiger partial charge in [0.25, 0.3) is 10.1 Å². The van der Waals surface area contributed by atoms with Gasteiger partial charge in [-0.05, 0) is 18.2 Å². The van der Waals surface area contributed by atoms with E-state index in [9.17, 15) is 16.8 Å². The molecule has 9 heteroatoms. The van der Waals surface area contributed by atoms with Crippen LogP contribution in [0.3, 0.4) is 0 Å². The SMILES string of the molecule is O=S(=O)(O)CCS(=O)(=O)c1cc(Cl)ccc1Cl. The Balaban J connectivity index is 3.10. The van der Waals surface area contributed by atoms with E-state index in [-0.39, 0.29) is 14.9 Å². The highest BCUT2D eigenvalue weighted by molar-refractivity contribution is 7.93. The molecule has 5 nitrogen and oxygen atoms in total. The quantitative estimate of drug-likeness (QED) is 0.853. The number of sulfone groups is 1. The molecule has 0 heterocycles. The molecule has 1 N–H and O–H groups in total. The van der Waals surface area contributed by atoms with Gasteiger partial charge in [0.15, 0.2) is 9.84 Å². The van der Waals surface area contributed by atoms with Crippen molar-refractivity contribution in [2.24, 2.45) is 0 Å². The van der Waals surface area contributed by atoms with Crippen LogP contribution >= 0.6 is 23.2 Å². The number of rotatable bonds is 4.